The molecule has 2 nitrogen and oxygen atoms in total. The minimum absolute atomic E-state index is 0.473. The second-order valence-electron chi connectivity index (χ2n) is 6.17. The van der Waals surface area contributed by atoms with Crippen molar-refractivity contribution in [3.63, 3.8) is 0 Å². The van der Waals surface area contributed by atoms with Gasteiger partial charge in [-0.05, 0) is 48.9 Å². The first-order valence-corrected chi connectivity index (χ1v) is 6.54. The van der Waals surface area contributed by atoms with Gasteiger partial charge < -0.3 is 5.73 Å². The summed E-state index contributed by atoms with van der Waals surface area (Å²) in [6.45, 7) is 10.3. The maximum Gasteiger partial charge on any atom is 0.0343 e. The molecule has 1 aliphatic heterocycles. The third-order valence-corrected chi connectivity index (χ3v) is 3.72. The first kappa shape index (κ1) is 12.4. The molecule has 0 aromatic heterocycles. The van der Waals surface area contributed by atoms with Gasteiger partial charge in [-0.15, -0.1) is 0 Å². The summed E-state index contributed by atoms with van der Waals surface area (Å²) >= 11 is 0. The maximum atomic E-state index is 5.85. The van der Waals surface area contributed by atoms with E-state index in [0.29, 0.717) is 5.41 Å². The first-order valence-electron chi connectivity index (χ1n) is 6.54. The fourth-order valence-electron chi connectivity index (χ4n) is 2.77. The van der Waals surface area contributed by atoms with Gasteiger partial charge in [0, 0.05) is 18.8 Å². The molecule has 1 saturated heterocycles. The van der Waals surface area contributed by atoms with Gasteiger partial charge in [-0.3, -0.25) is 4.90 Å². The molecule has 0 amide bonds. The Kier molecular flexibility index (Phi) is 3.43. The molecule has 2 heteroatoms. The number of anilines is 1. The zero-order chi connectivity index (χ0) is 12.5. The Morgan fingerprint density at radius 3 is 2.76 bits per heavy atom. The Morgan fingerprint density at radius 1 is 1.35 bits per heavy atom. The zero-order valence-electron chi connectivity index (χ0n) is 11.3. The van der Waals surface area contributed by atoms with Crippen molar-refractivity contribution in [1.29, 1.82) is 0 Å². The molecule has 17 heavy (non-hydrogen) atoms. The highest BCUT2D eigenvalue weighted by atomic mass is 15.1. The van der Waals surface area contributed by atoms with Gasteiger partial charge in [0.2, 0.25) is 0 Å². The third-order valence-electron chi connectivity index (χ3n) is 3.72. The van der Waals surface area contributed by atoms with Gasteiger partial charge in [0.05, 0.1) is 0 Å². The lowest BCUT2D eigenvalue weighted by Crippen LogP contribution is -2.39. The Hall–Kier alpha value is -1.02. The van der Waals surface area contributed by atoms with Crippen LogP contribution in [-0.2, 0) is 6.54 Å². The van der Waals surface area contributed by atoms with E-state index in [1.54, 1.807) is 0 Å². The van der Waals surface area contributed by atoms with Crippen LogP contribution in [0.15, 0.2) is 18.2 Å². The number of benzene rings is 1. The van der Waals surface area contributed by atoms with Gasteiger partial charge in [-0.1, -0.05) is 26.0 Å². The number of rotatable bonds is 2. The largest absolute Gasteiger partial charge is 0.399 e. The quantitative estimate of drug-likeness (QED) is 0.793. The Balaban J connectivity index is 2.03. The molecule has 0 unspecified atom stereocenters. The predicted molar refractivity (Wildman–Crippen MR) is 73.9 cm³/mol. The summed E-state index contributed by atoms with van der Waals surface area (Å²) in [5, 5.41) is 0. The Morgan fingerprint density at radius 2 is 2.12 bits per heavy atom. The van der Waals surface area contributed by atoms with Gasteiger partial charge in [-0.25, -0.2) is 0 Å². The van der Waals surface area contributed by atoms with Crippen LogP contribution >= 0.6 is 0 Å². The second-order valence-corrected chi connectivity index (χ2v) is 6.17. The molecule has 94 valence electrons. The number of hydrogen-bond acceptors (Lipinski definition) is 2. The summed E-state index contributed by atoms with van der Waals surface area (Å²) in [4.78, 5) is 2.56. The smallest absolute Gasteiger partial charge is 0.0343 e. The van der Waals surface area contributed by atoms with E-state index in [2.05, 4.69) is 37.8 Å². The van der Waals surface area contributed by atoms with Crippen molar-refractivity contribution in [2.75, 3.05) is 18.8 Å². The topological polar surface area (TPSA) is 29.3 Å². The normalized spacial score (nSPS) is 20.4. The summed E-state index contributed by atoms with van der Waals surface area (Å²) in [5.74, 6) is 0. The average molecular weight is 232 g/mol. The van der Waals surface area contributed by atoms with Crippen LogP contribution in [0.3, 0.4) is 0 Å². The highest BCUT2D eigenvalue weighted by molar-refractivity contribution is 5.47. The minimum Gasteiger partial charge on any atom is -0.399 e. The second kappa shape index (κ2) is 4.69. The lowest BCUT2D eigenvalue weighted by molar-refractivity contribution is 0.111. The van der Waals surface area contributed by atoms with Crippen molar-refractivity contribution in [2.24, 2.45) is 5.41 Å². The van der Waals surface area contributed by atoms with E-state index < -0.39 is 0 Å². The van der Waals surface area contributed by atoms with Crippen molar-refractivity contribution in [2.45, 2.75) is 40.2 Å². The summed E-state index contributed by atoms with van der Waals surface area (Å²) in [7, 11) is 0. The van der Waals surface area contributed by atoms with Crippen molar-refractivity contribution in [3.8, 4) is 0 Å². The minimum atomic E-state index is 0.473. The highest BCUT2D eigenvalue weighted by Crippen LogP contribution is 2.29. The van der Waals surface area contributed by atoms with Crippen LogP contribution in [0.25, 0.3) is 0 Å². The van der Waals surface area contributed by atoms with E-state index >= 15 is 0 Å². The van der Waals surface area contributed by atoms with Crippen molar-refractivity contribution >= 4 is 5.69 Å². The van der Waals surface area contributed by atoms with Crippen LogP contribution in [0, 0.1) is 12.3 Å². The van der Waals surface area contributed by atoms with Crippen LogP contribution in [0.2, 0.25) is 0 Å². The summed E-state index contributed by atoms with van der Waals surface area (Å²) in [6.07, 6.45) is 2.67. The van der Waals surface area contributed by atoms with Gasteiger partial charge in [0.15, 0.2) is 0 Å². The van der Waals surface area contributed by atoms with Crippen molar-refractivity contribution in [3.05, 3.63) is 29.3 Å². The van der Waals surface area contributed by atoms with Crippen molar-refractivity contribution in [1.82, 2.24) is 4.90 Å². The molecule has 1 fully saturated rings. The molecule has 0 saturated carbocycles. The standard InChI is InChI=1S/C15H24N2/c1-12-9-13(5-6-14(12)16)10-17-8-4-7-15(2,3)11-17/h5-6,9H,4,7-8,10-11,16H2,1-3H3. The molecule has 0 spiro atoms. The monoisotopic (exact) mass is 232 g/mol. The summed E-state index contributed by atoms with van der Waals surface area (Å²) < 4.78 is 0. The number of aryl methyl sites for hydroxylation is 1. The molecular weight excluding hydrogens is 208 g/mol. The van der Waals surface area contributed by atoms with Crippen LogP contribution in [0.5, 0.6) is 0 Å². The summed E-state index contributed by atoms with van der Waals surface area (Å²) in [5.41, 5.74) is 9.80. The van der Waals surface area contributed by atoms with Gasteiger partial charge >= 0.3 is 0 Å². The molecule has 1 aliphatic rings. The molecule has 2 N–H and O–H groups in total. The van der Waals surface area contributed by atoms with Crippen molar-refractivity contribution < 1.29 is 0 Å². The molecule has 2 rings (SSSR count). The van der Waals surface area contributed by atoms with E-state index in [1.165, 1.54) is 37.1 Å². The van der Waals surface area contributed by atoms with Crippen LogP contribution in [0.1, 0.15) is 37.8 Å². The highest BCUT2D eigenvalue weighted by Gasteiger charge is 2.26. The molecule has 0 bridgehead atoms. The summed E-state index contributed by atoms with van der Waals surface area (Å²) in [6, 6.07) is 6.40. The Labute approximate surface area is 105 Å². The fraction of sp³-hybridized carbons (Fsp3) is 0.600. The number of hydrogen-bond donors (Lipinski definition) is 1. The zero-order valence-corrected chi connectivity index (χ0v) is 11.3. The van der Waals surface area contributed by atoms with E-state index in [1.807, 2.05) is 6.07 Å². The molecule has 1 aromatic carbocycles. The SMILES string of the molecule is Cc1cc(CN2CCCC(C)(C)C2)ccc1N. The number of nitrogens with two attached hydrogens (primary N) is 1. The molecule has 0 radical (unpaired) electrons. The number of nitrogen functional groups attached to an aromatic ring is 1. The lowest BCUT2D eigenvalue weighted by atomic mass is 9.84. The maximum absolute atomic E-state index is 5.85. The van der Waals surface area contributed by atoms with Gasteiger partial charge in [0.25, 0.3) is 0 Å². The van der Waals surface area contributed by atoms with Crippen LogP contribution < -0.4 is 5.73 Å². The number of nitrogens with zero attached hydrogens (tertiary/aromatic N) is 1. The Bertz CT molecular complexity index is 396. The van der Waals surface area contributed by atoms with Gasteiger partial charge in [-0.2, -0.15) is 0 Å². The van der Waals surface area contributed by atoms with E-state index in [9.17, 15) is 0 Å². The number of likely N-dealkylation sites (tertiary alicyclic amines) is 1. The average Bonchev–Trinajstić information content (AvgIpc) is 2.22. The third kappa shape index (κ3) is 3.22. The molecule has 0 atom stereocenters. The van der Waals surface area contributed by atoms with Gasteiger partial charge in [0.1, 0.15) is 0 Å². The number of piperidine rings is 1. The predicted octanol–water partition coefficient (Wildman–Crippen LogP) is 3.20. The van der Waals surface area contributed by atoms with Crippen LogP contribution in [-0.4, -0.2) is 18.0 Å². The molecule has 0 aliphatic carbocycles. The fourth-order valence-corrected chi connectivity index (χ4v) is 2.77. The molecular formula is C15H24N2. The molecule has 1 heterocycles. The first-order chi connectivity index (χ1) is 7.96. The van der Waals surface area contributed by atoms with Crippen LogP contribution in [0.4, 0.5) is 5.69 Å². The molecule has 1 aromatic rings. The van der Waals surface area contributed by atoms with E-state index in [0.717, 1.165) is 12.2 Å². The lowest BCUT2D eigenvalue weighted by Gasteiger charge is -2.38. The van der Waals surface area contributed by atoms with E-state index in [-0.39, 0.29) is 0 Å². The van der Waals surface area contributed by atoms with E-state index in [4.69, 9.17) is 5.73 Å².